The van der Waals surface area contributed by atoms with Crippen molar-refractivity contribution < 1.29 is 9.90 Å². The molecule has 0 spiro atoms. The van der Waals surface area contributed by atoms with E-state index in [0.29, 0.717) is 11.7 Å². The van der Waals surface area contributed by atoms with E-state index in [1.54, 1.807) is 11.8 Å². The zero-order valence-corrected chi connectivity index (χ0v) is 11.0. The van der Waals surface area contributed by atoms with Gasteiger partial charge >= 0.3 is 0 Å². The Labute approximate surface area is 103 Å². The van der Waals surface area contributed by atoms with Crippen molar-refractivity contribution in [3.8, 4) is 0 Å². The predicted molar refractivity (Wildman–Crippen MR) is 68.6 cm³/mol. The van der Waals surface area contributed by atoms with E-state index in [4.69, 9.17) is 5.11 Å². The number of hydrogen-bond donors (Lipinski definition) is 1. The van der Waals surface area contributed by atoms with E-state index in [-0.39, 0.29) is 12.5 Å². The van der Waals surface area contributed by atoms with Crippen LogP contribution in [0.5, 0.6) is 0 Å². The second-order valence-corrected chi connectivity index (χ2v) is 5.52. The summed E-state index contributed by atoms with van der Waals surface area (Å²) in [7, 11) is 0. The van der Waals surface area contributed by atoms with Gasteiger partial charge < -0.3 is 10.0 Å². The van der Waals surface area contributed by atoms with Crippen molar-refractivity contribution in [3.05, 3.63) is 0 Å². The smallest absolute Gasteiger partial charge is 0.232 e. The van der Waals surface area contributed by atoms with Crippen molar-refractivity contribution >= 4 is 17.7 Å². The van der Waals surface area contributed by atoms with E-state index in [1.807, 2.05) is 4.90 Å². The molecule has 16 heavy (non-hydrogen) atoms. The number of amides is 1. The highest BCUT2D eigenvalue weighted by atomic mass is 32.2. The third kappa shape index (κ3) is 4.74. The molecule has 0 saturated carbocycles. The van der Waals surface area contributed by atoms with Gasteiger partial charge in [-0.3, -0.25) is 4.79 Å². The van der Waals surface area contributed by atoms with E-state index < -0.39 is 0 Å². The number of hydrogen-bond acceptors (Lipinski definition) is 3. The van der Waals surface area contributed by atoms with Crippen LogP contribution in [0.1, 0.15) is 32.6 Å². The summed E-state index contributed by atoms with van der Waals surface area (Å²) in [5.41, 5.74) is 0. The summed E-state index contributed by atoms with van der Waals surface area (Å²) in [6.45, 7) is 4.16. The first-order chi connectivity index (χ1) is 7.77. The van der Waals surface area contributed by atoms with Crippen molar-refractivity contribution in [1.82, 2.24) is 4.90 Å². The Morgan fingerprint density at radius 1 is 1.56 bits per heavy atom. The molecule has 1 aliphatic rings. The molecule has 94 valence electrons. The number of aliphatic hydroxyl groups excluding tert-OH is 1. The molecule has 0 aromatic heterocycles. The van der Waals surface area contributed by atoms with E-state index >= 15 is 0 Å². The molecule has 0 aromatic rings. The molecule has 0 bridgehead atoms. The molecule has 0 aromatic carbocycles. The van der Waals surface area contributed by atoms with Crippen LogP contribution in [-0.2, 0) is 4.79 Å². The molecule has 1 fully saturated rings. The third-order valence-electron chi connectivity index (χ3n) is 3.04. The molecule has 1 unspecified atom stereocenters. The predicted octanol–water partition coefficient (Wildman–Crippen LogP) is 1.75. The standard InChI is InChI=1S/C12H23NO2S/c1-2-3-8-16-10-12(15)13-6-4-11(9-13)5-7-14/h11,14H,2-10H2,1H3. The van der Waals surface area contributed by atoms with Crippen molar-refractivity contribution in [2.45, 2.75) is 32.6 Å². The maximum Gasteiger partial charge on any atom is 0.232 e. The lowest BCUT2D eigenvalue weighted by Crippen LogP contribution is -2.30. The number of rotatable bonds is 7. The normalized spacial score (nSPS) is 20.4. The monoisotopic (exact) mass is 245 g/mol. The molecule has 1 atom stereocenters. The number of aliphatic hydroxyl groups is 1. The average molecular weight is 245 g/mol. The lowest BCUT2D eigenvalue weighted by molar-refractivity contribution is -0.127. The van der Waals surface area contributed by atoms with E-state index in [2.05, 4.69) is 6.92 Å². The number of nitrogens with zero attached hydrogens (tertiary/aromatic N) is 1. The number of carbonyl (C=O) groups is 1. The Kier molecular flexibility index (Phi) is 6.88. The average Bonchev–Trinajstić information content (AvgIpc) is 2.73. The van der Waals surface area contributed by atoms with Crippen LogP contribution in [-0.4, -0.2) is 47.1 Å². The van der Waals surface area contributed by atoms with Crippen LogP contribution in [0.4, 0.5) is 0 Å². The second-order valence-electron chi connectivity index (χ2n) is 4.41. The van der Waals surface area contributed by atoms with E-state index in [0.717, 1.165) is 31.7 Å². The minimum absolute atomic E-state index is 0.248. The summed E-state index contributed by atoms with van der Waals surface area (Å²) in [5, 5.41) is 8.84. The fraction of sp³-hybridized carbons (Fsp3) is 0.917. The van der Waals surface area contributed by atoms with Crippen LogP contribution in [0.15, 0.2) is 0 Å². The first-order valence-corrected chi connectivity index (χ1v) is 7.39. The number of unbranched alkanes of at least 4 members (excludes halogenated alkanes) is 1. The summed E-state index contributed by atoms with van der Waals surface area (Å²) in [6.07, 6.45) is 4.30. The Morgan fingerprint density at radius 2 is 2.38 bits per heavy atom. The topological polar surface area (TPSA) is 40.5 Å². The molecule has 1 rings (SSSR count). The van der Waals surface area contributed by atoms with Gasteiger partial charge in [-0.25, -0.2) is 0 Å². The van der Waals surface area contributed by atoms with Gasteiger partial charge in [0.1, 0.15) is 0 Å². The molecule has 1 N–H and O–H groups in total. The molecule has 1 amide bonds. The van der Waals surface area contributed by atoms with Crippen LogP contribution >= 0.6 is 11.8 Å². The van der Waals surface area contributed by atoms with E-state index in [9.17, 15) is 4.79 Å². The molecule has 3 nitrogen and oxygen atoms in total. The van der Waals surface area contributed by atoms with Gasteiger partial charge in [0.15, 0.2) is 0 Å². The second kappa shape index (κ2) is 7.96. The highest BCUT2D eigenvalue weighted by Gasteiger charge is 2.25. The van der Waals surface area contributed by atoms with Crippen molar-refractivity contribution in [3.63, 3.8) is 0 Å². The van der Waals surface area contributed by atoms with Crippen LogP contribution < -0.4 is 0 Å². The Bertz CT molecular complexity index is 211. The minimum Gasteiger partial charge on any atom is -0.396 e. The molecule has 0 radical (unpaired) electrons. The quantitative estimate of drug-likeness (QED) is 0.695. The van der Waals surface area contributed by atoms with Gasteiger partial charge in [-0.2, -0.15) is 11.8 Å². The van der Waals surface area contributed by atoms with Gasteiger partial charge in [0.25, 0.3) is 0 Å². The summed E-state index contributed by atoms with van der Waals surface area (Å²) in [6, 6.07) is 0. The van der Waals surface area contributed by atoms with Crippen molar-refractivity contribution in [2.75, 3.05) is 31.2 Å². The van der Waals surface area contributed by atoms with Crippen LogP contribution in [0.3, 0.4) is 0 Å². The number of carbonyl (C=O) groups excluding carboxylic acids is 1. The lowest BCUT2D eigenvalue weighted by Gasteiger charge is -2.16. The lowest BCUT2D eigenvalue weighted by atomic mass is 10.1. The Hall–Kier alpha value is -0.220. The van der Waals surface area contributed by atoms with Crippen LogP contribution in [0.2, 0.25) is 0 Å². The van der Waals surface area contributed by atoms with Gasteiger partial charge in [0.2, 0.25) is 5.91 Å². The molecule has 1 heterocycles. The van der Waals surface area contributed by atoms with Gasteiger partial charge in [-0.1, -0.05) is 13.3 Å². The zero-order chi connectivity index (χ0) is 11.8. The first kappa shape index (κ1) is 13.8. The molecule has 1 saturated heterocycles. The summed E-state index contributed by atoms with van der Waals surface area (Å²) in [5.74, 6) is 2.53. The fourth-order valence-corrected chi connectivity index (χ4v) is 2.97. The highest BCUT2D eigenvalue weighted by Crippen LogP contribution is 2.20. The van der Waals surface area contributed by atoms with Gasteiger partial charge in [0, 0.05) is 19.7 Å². The molecule has 4 heteroatoms. The van der Waals surface area contributed by atoms with Gasteiger partial charge in [-0.05, 0) is 30.9 Å². The number of thioether (sulfide) groups is 1. The first-order valence-electron chi connectivity index (χ1n) is 6.24. The maximum absolute atomic E-state index is 11.8. The molecule has 1 aliphatic heterocycles. The third-order valence-corrected chi connectivity index (χ3v) is 4.07. The minimum atomic E-state index is 0.248. The molecular formula is C12H23NO2S. The summed E-state index contributed by atoms with van der Waals surface area (Å²) in [4.78, 5) is 13.8. The maximum atomic E-state index is 11.8. The van der Waals surface area contributed by atoms with Crippen molar-refractivity contribution in [2.24, 2.45) is 5.92 Å². The van der Waals surface area contributed by atoms with Crippen molar-refractivity contribution in [1.29, 1.82) is 0 Å². The van der Waals surface area contributed by atoms with Gasteiger partial charge in [0.05, 0.1) is 5.75 Å². The Balaban J connectivity index is 2.13. The number of likely N-dealkylation sites (tertiary alicyclic amines) is 1. The highest BCUT2D eigenvalue weighted by molar-refractivity contribution is 7.99. The van der Waals surface area contributed by atoms with Crippen LogP contribution in [0, 0.1) is 5.92 Å². The van der Waals surface area contributed by atoms with E-state index in [1.165, 1.54) is 12.8 Å². The molecule has 0 aliphatic carbocycles. The van der Waals surface area contributed by atoms with Gasteiger partial charge in [-0.15, -0.1) is 0 Å². The van der Waals surface area contributed by atoms with Crippen LogP contribution in [0.25, 0.3) is 0 Å². The largest absolute Gasteiger partial charge is 0.396 e. The fourth-order valence-electron chi connectivity index (χ4n) is 1.97. The SMILES string of the molecule is CCCCSCC(=O)N1CCC(CCO)C1. The zero-order valence-electron chi connectivity index (χ0n) is 10.2. The molecular weight excluding hydrogens is 222 g/mol. The Morgan fingerprint density at radius 3 is 3.06 bits per heavy atom. The summed E-state index contributed by atoms with van der Waals surface area (Å²) < 4.78 is 0. The summed E-state index contributed by atoms with van der Waals surface area (Å²) >= 11 is 1.75.